The van der Waals surface area contributed by atoms with Crippen LogP contribution in [0.5, 0.6) is 0 Å². The van der Waals surface area contributed by atoms with Crippen LogP contribution in [-0.4, -0.2) is 29.3 Å². The third-order valence-corrected chi connectivity index (χ3v) is 2.80. The van der Waals surface area contributed by atoms with E-state index in [0.29, 0.717) is 5.56 Å². The number of urea groups is 1. The summed E-state index contributed by atoms with van der Waals surface area (Å²) in [6.45, 7) is 1.80. The van der Waals surface area contributed by atoms with E-state index in [1.807, 2.05) is 6.92 Å². The van der Waals surface area contributed by atoms with Crippen LogP contribution in [0.25, 0.3) is 0 Å². The van der Waals surface area contributed by atoms with Gasteiger partial charge < -0.3 is 11.1 Å². The second-order valence-corrected chi connectivity index (χ2v) is 4.14. The maximum Gasteiger partial charge on any atom is 0.325 e. The van der Waals surface area contributed by atoms with E-state index in [2.05, 4.69) is 5.32 Å². The summed E-state index contributed by atoms with van der Waals surface area (Å²) < 4.78 is 0. The number of aryl methyl sites for hydroxylation is 1. The number of imide groups is 1. The molecule has 1 aliphatic heterocycles. The maximum absolute atomic E-state index is 11.6. The summed E-state index contributed by atoms with van der Waals surface area (Å²) in [7, 11) is 0. The largest absolute Gasteiger partial charge is 0.368 e. The van der Waals surface area contributed by atoms with Crippen molar-refractivity contribution >= 4 is 17.8 Å². The maximum atomic E-state index is 11.6. The van der Waals surface area contributed by atoms with Gasteiger partial charge in [0.15, 0.2) is 0 Å². The molecule has 1 unspecified atom stereocenters. The highest BCUT2D eigenvalue weighted by molar-refractivity contribution is 6.05. The SMILES string of the molecule is Cc1ccc(C(C(N)=O)N2C(=O)CNC2=O)cc1. The van der Waals surface area contributed by atoms with Crippen LogP contribution in [0.2, 0.25) is 0 Å². The number of nitrogens with zero attached hydrogens (tertiary/aromatic N) is 1. The van der Waals surface area contributed by atoms with E-state index in [1.165, 1.54) is 0 Å². The minimum atomic E-state index is -1.06. The number of nitrogens with one attached hydrogen (secondary N) is 1. The van der Waals surface area contributed by atoms with Gasteiger partial charge in [0.25, 0.3) is 5.91 Å². The Kier molecular flexibility index (Phi) is 3.01. The summed E-state index contributed by atoms with van der Waals surface area (Å²) in [5, 5.41) is 2.37. The summed E-state index contributed by atoms with van der Waals surface area (Å²) in [6.07, 6.45) is 0. The number of carbonyl (C=O) groups excluding carboxylic acids is 3. The first kappa shape index (κ1) is 12.1. The Hall–Kier alpha value is -2.37. The highest BCUT2D eigenvalue weighted by Gasteiger charge is 2.38. The fourth-order valence-electron chi connectivity index (χ4n) is 1.89. The summed E-state index contributed by atoms with van der Waals surface area (Å²) in [5.41, 5.74) is 6.84. The molecule has 0 radical (unpaired) electrons. The number of carbonyl (C=O) groups is 3. The molecule has 94 valence electrons. The number of hydrogen-bond acceptors (Lipinski definition) is 3. The lowest BCUT2D eigenvalue weighted by Gasteiger charge is -2.22. The van der Waals surface area contributed by atoms with E-state index >= 15 is 0 Å². The number of primary amides is 1. The van der Waals surface area contributed by atoms with Gasteiger partial charge in [-0.3, -0.25) is 9.59 Å². The predicted octanol–water partition coefficient (Wildman–Crippen LogP) is 0.0732. The first-order chi connectivity index (χ1) is 8.50. The van der Waals surface area contributed by atoms with Gasteiger partial charge in [-0.15, -0.1) is 0 Å². The van der Waals surface area contributed by atoms with Crippen molar-refractivity contribution in [2.24, 2.45) is 5.73 Å². The molecule has 18 heavy (non-hydrogen) atoms. The average molecular weight is 247 g/mol. The second kappa shape index (κ2) is 4.48. The van der Waals surface area contributed by atoms with Crippen molar-refractivity contribution in [2.45, 2.75) is 13.0 Å². The van der Waals surface area contributed by atoms with E-state index in [0.717, 1.165) is 10.5 Å². The highest BCUT2D eigenvalue weighted by atomic mass is 16.2. The molecule has 1 saturated heterocycles. The third-order valence-electron chi connectivity index (χ3n) is 2.80. The van der Waals surface area contributed by atoms with Crippen LogP contribution in [0.15, 0.2) is 24.3 Å². The Morgan fingerprint density at radius 2 is 1.94 bits per heavy atom. The molecule has 1 heterocycles. The van der Waals surface area contributed by atoms with Crippen molar-refractivity contribution in [2.75, 3.05) is 6.54 Å². The lowest BCUT2D eigenvalue weighted by atomic mass is 10.0. The van der Waals surface area contributed by atoms with Crippen molar-refractivity contribution in [3.63, 3.8) is 0 Å². The van der Waals surface area contributed by atoms with Crippen LogP contribution in [0.1, 0.15) is 17.2 Å². The van der Waals surface area contributed by atoms with Crippen molar-refractivity contribution in [3.05, 3.63) is 35.4 Å². The predicted molar refractivity (Wildman–Crippen MR) is 63.4 cm³/mol. The van der Waals surface area contributed by atoms with Gasteiger partial charge in [0.2, 0.25) is 5.91 Å². The van der Waals surface area contributed by atoms with Gasteiger partial charge in [0.1, 0.15) is 6.04 Å². The quantitative estimate of drug-likeness (QED) is 0.740. The first-order valence-electron chi connectivity index (χ1n) is 5.46. The zero-order valence-corrected chi connectivity index (χ0v) is 9.84. The molecule has 0 aromatic heterocycles. The molecule has 6 nitrogen and oxygen atoms in total. The fraction of sp³-hybridized carbons (Fsp3) is 0.250. The number of rotatable bonds is 3. The Bertz CT molecular complexity index is 494. The molecule has 2 rings (SSSR count). The highest BCUT2D eigenvalue weighted by Crippen LogP contribution is 2.23. The lowest BCUT2D eigenvalue weighted by molar-refractivity contribution is -0.133. The van der Waals surface area contributed by atoms with Crippen LogP contribution >= 0.6 is 0 Å². The molecule has 0 saturated carbocycles. The molecule has 6 heteroatoms. The topological polar surface area (TPSA) is 92.5 Å². The zero-order chi connectivity index (χ0) is 13.3. The van der Waals surface area contributed by atoms with Crippen molar-refractivity contribution in [1.29, 1.82) is 0 Å². The van der Waals surface area contributed by atoms with E-state index in [4.69, 9.17) is 5.73 Å². The molecule has 0 aliphatic carbocycles. The molecule has 3 N–H and O–H groups in total. The summed E-state index contributed by atoms with van der Waals surface area (Å²) in [4.78, 5) is 35.5. The second-order valence-electron chi connectivity index (χ2n) is 4.14. The smallest absolute Gasteiger partial charge is 0.325 e. The van der Waals surface area contributed by atoms with Crippen molar-refractivity contribution in [3.8, 4) is 0 Å². The summed E-state index contributed by atoms with van der Waals surface area (Å²) in [5.74, 6) is -1.19. The molecule has 0 spiro atoms. The standard InChI is InChI=1S/C12H13N3O3/c1-7-2-4-8(5-3-7)10(11(13)17)15-9(16)6-14-12(15)18/h2-5,10H,6H2,1H3,(H2,13,17)(H,14,18). The Morgan fingerprint density at radius 3 is 2.39 bits per heavy atom. The zero-order valence-electron chi connectivity index (χ0n) is 9.84. The van der Waals surface area contributed by atoms with Gasteiger partial charge in [-0.05, 0) is 12.5 Å². The molecular formula is C12H13N3O3. The minimum absolute atomic E-state index is 0.103. The Labute approximate surface area is 104 Å². The monoisotopic (exact) mass is 247 g/mol. The molecule has 1 atom stereocenters. The van der Waals surface area contributed by atoms with Crippen LogP contribution in [0.3, 0.4) is 0 Å². The van der Waals surface area contributed by atoms with Gasteiger partial charge in [0, 0.05) is 0 Å². The Morgan fingerprint density at radius 1 is 1.33 bits per heavy atom. The normalized spacial score (nSPS) is 16.6. The average Bonchev–Trinajstić information content (AvgIpc) is 2.63. The van der Waals surface area contributed by atoms with Crippen molar-refractivity contribution < 1.29 is 14.4 Å². The molecule has 1 aliphatic rings. The van der Waals surface area contributed by atoms with Crippen LogP contribution < -0.4 is 11.1 Å². The Balaban J connectivity index is 2.40. The van der Waals surface area contributed by atoms with Crippen molar-refractivity contribution in [1.82, 2.24) is 10.2 Å². The summed E-state index contributed by atoms with van der Waals surface area (Å²) in [6, 6.07) is 5.31. The molecule has 4 amide bonds. The van der Waals surface area contributed by atoms with Crippen LogP contribution in [-0.2, 0) is 9.59 Å². The number of nitrogens with two attached hydrogens (primary N) is 1. The van der Waals surface area contributed by atoms with E-state index < -0.39 is 23.9 Å². The third kappa shape index (κ3) is 2.04. The molecule has 0 bridgehead atoms. The van der Waals surface area contributed by atoms with Gasteiger partial charge in [0.05, 0.1) is 6.54 Å². The van der Waals surface area contributed by atoms with E-state index in [9.17, 15) is 14.4 Å². The van der Waals surface area contributed by atoms with Crippen LogP contribution in [0.4, 0.5) is 4.79 Å². The summed E-state index contributed by atoms with van der Waals surface area (Å²) >= 11 is 0. The van der Waals surface area contributed by atoms with Gasteiger partial charge in [-0.25, -0.2) is 9.69 Å². The first-order valence-corrected chi connectivity index (χ1v) is 5.46. The number of hydrogen-bond donors (Lipinski definition) is 2. The van der Waals surface area contributed by atoms with E-state index in [-0.39, 0.29) is 6.54 Å². The molecule has 1 fully saturated rings. The van der Waals surface area contributed by atoms with Gasteiger partial charge in [-0.2, -0.15) is 0 Å². The minimum Gasteiger partial charge on any atom is -0.368 e. The number of benzene rings is 1. The molecule has 1 aromatic rings. The van der Waals surface area contributed by atoms with E-state index in [1.54, 1.807) is 24.3 Å². The van der Waals surface area contributed by atoms with Gasteiger partial charge in [-0.1, -0.05) is 29.8 Å². The molecule has 1 aromatic carbocycles. The van der Waals surface area contributed by atoms with Gasteiger partial charge >= 0.3 is 6.03 Å². The van der Waals surface area contributed by atoms with Crippen LogP contribution in [0, 0.1) is 6.92 Å². The fourth-order valence-corrected chi connectivity index (χ4v) is 1.89. The lowest BCUT2D eigenvalue weighted by Crippen LogP contribution is -2.41. The number of amides is 4. The molecular weight excluding hydrogens is 234 g/mol.